The molecule has 0 unspecified atom stereocenters. The van der Waals surface area contributed by atoms with Gasteiger partial charge in [0.15, 0.2) is 0 Å². The molecular formula is C14H22N4O2. The van der Waals surface area contributed by atoms with Crippen molar-refractivity contribution in [2.45, 2.75) is 33.6 Å². The maximum atomic E-state index is 12.1. The van der Waals surface area contributed by atoms with E-state index in [1.54, 1.807) is 19.9 Å². The SMILES string of the molecule is CC(C)c1cc(C(=O)NCC(C)(C)C(N)=O)cc(N)n1. The summed E-state index contributed by atoms with van der Waals surface area (Å²) in [6, 6.07) is 3.21. The standard InChI is InChI=1S/C14H22N4O2/c1-8(2)10-5-9(6-11(15)18-10)12(19)17-7-14(3,4)13(16)20/h5-6,8H,7H2,1-4H3,(H2,15,18)(H2,16,20)(H,17,19). The molecule has 0 radical (unpaired) electrons. The van der Waals surface area contributed by atoms with Gasteiger partial charge in [0.05, 0.1) is 5.41 Å². The Morgan fingerprint density at radius 2 is 1.95 bits per heavy atom. The second-order valence-corrected chi connectivity index (χ2v) is 5.79. The zero-order valence-corrected chi connectivity index (χ0v) is 12.4. The van der Waals surface area contributed by atoms with Gasteiger partial charge in [-0.3, -0.25) is 9.59 Å². The van der Waals surface area contributed by atoms with Gasteiger partial charge >= 0.3 is 0 Å². The number of primary amides is 1. The van der Waals surface area contributed by atoms with Crippen molar-refractivity contribution in [2.24, 2.45) is 11.1 Å². The van der Waals surface area contributed by atoms with E-state index in [-0.39, 0.29) is 18.4 Å². The minimum Gasteiger partial charge on any atom is -0.384 e. The average Bonchev–Trinajstić information content (AvgIpc) is 2.35. The zero-order valence-electron chi connectivity index (χ0n) is 12.4. The maximum Gasteiger partial charge on any atom is 0.251 e. The molecule has 1 rings (SSSR count). The molecule has 0 atom stereocenters. The van der Waals surface area contributed by atoms with Crippen LogP contribution in [0.2, 0.25) is 0 Å². The van der Waals surface area contributed by atoms with Crippen LogP contribution in [-0.2, 0) is 4.79 Å². The van der Waals surface area contributed by atoms with Crippen LogP contribution in [0.3, 0.4) is 0 Å². The van der Waals surface area contributed by atoms with Crippen LogP contribution in [0, 0.1) is 5.41 Å². The van der Waals surface area contributed by atoms with E-state index in [0.717, 1.165) is 5.69 Å². The van der Waals surface area contributed by atoms with Crippen molar-refractivity contribution in [3.05, 3.63) is 23.4 Å². The third kappa shape index (κ3) is 3.94. The van der Waals surface area contributed by atoms with Crippen LogP contribution in [0.15, 0.2) is 12.1 Å². The minimum atomic E-state index is -0.797. The van der Waals surface area contributed by atoms with Crippen LogP contribution < -0.4 is 16.8 Å². The highest BCUT2D eigenvalue weighted by Crippen LogP contribution is 2.17. The molecule has 1 heterocycles. The third-order valence-corrected chi connectivity index (χ3v) is 3.08. The molecule has 0 fully saturated rings. The van der Waals surface area contributed by atoms with Gasteiger partial charge < -0.3 is 16.8 Å². The minimum absolute atomic E-state index is 0.167. The summed E-state index contributed by atoms with van der Waals surface area (Å²) in [5.74, 6) is -0.284. The lowest BCUT2D eigenvalue weighted by molar-refractivity contribution is -0.125. The molecule has 0 spiro atoms. The molecule has 110 valence electrons. The average molecular weight is 278 g/mol. The van der Waals surface area contributed by atoms with Gasteiger partial charge in [-0.2, -0.15) is 0 Å². The number of nitrogen functional groups attached to an aromatic ring is 1. The van der Waals surface area contributed by atoms with E-state index < -0.39 is 11.3 Å². The van der Waals surface area contributed by atoms with E-state index in [2.05, 4.69) is 10.3 Å². The van der Waals surface area contributed by atoms with E-state index in [4.69, 9.17) is 11.5 Å². The lowest BCUT2D eigenvalue weighted by atomic mass is 9.92. The van der Waals surface area contributed by atoms with Crippen LogP contribution in [0.1, 0.15) is 49.7 Å². The molecular weight excluding hydrogens is 256 g/mol. The number of carbonyl (C=O) groups excluding carboxylic acids is 2. The Kier molecular flexibility index (Phi) is 4.70. The Morgan fingerprint density at radius 3 is 2.45 bits per heavy atom. The highest BCUT2D eigenvalue weighted by Gasteiger charge is 2.25. The number of hydrogen-bond acceptors (Lipinski definition) is 4. The molecule has 2 amide bonds. The maximum absolute atomic E-state index is 12.1. The Labute approximate surface area is 118 Å². The fourth-order valence-electron chi connectivity index (χ4n) is 1.49. The Balaban J connectivity index is 2.86. The topological polar surface area (TPSA) is 111 Å². The highest BCUT2D eigenvalue weighted by molar-refractivity contribution is 5.95. The Morgan fingerprint density at radius 1 is 1.35 bits per heavy atom. The Hall–Kier alpha value is -2.11. The molecule has 1 aromatic rings. The summed E-state index contributed by atoms with van der Waals surface area (Å²) in [4.78, 5) is 27.5. The number of nitrogens with two attached hydrogens (primary N) is 2. The first-order chi connectivity index (χ1) is 9.13. The molecule has 20 heavy (non-hydrogen) atoms. The van der Waals surface area contributed by atoms with E-state index >= 15 is 0 Å². The second-order valence-electron chi connectivity index (χ2n) is 5.79. The fraction of sp³-hybridized carbons (Fsp3) is 0.500. The normalized spacial score (nSPS) is 11.4. The van der Waals surface area contributed by atoms with E-state index in [9.17, 15) is 9.59 Å². The lowest BCUT2D eigenvalue weighted by Crippen LogP contribution is -2.42. The van der Waals surface area contributed by atoms with E-state index in [1.165, 1.54) is 6.07 Å². The van der Waals surface area contributed by atoms with Crippen molar-refractivity contribution < 1.29 is 9.59 Å². The Bertz CT molecular complexity index is 524. The van der Waals surface area contributed by atoms with Gasteiger partial charge in [0.25, 0.3) is 5.91 Å². The number of rotatable bonds is 5. The first kappa shape index (κ1) is 15.9. The van der Waals surface area contributed by atoms with Gasteiger partial charge in [-0.05, 0) is 31.9 Å². The molecule has 5 N–H and O–H groups in total. The number of aromatic nitrogens is 1. The highest BCUT2D eigenvalue weighted by atomic mass is 16.2. The number of hydrogen-bond donors (Lipinski definition) is 3. The summed E-state index contributed by atoms with van der Waals surface area (Å²) in [6.45, 7) is 7.46. The third-order valence-electron chi connectivity index (χ3n) is 3.08. The summed E-state index contributed by atoms with van der Waals surface area (Å²) in [6.07, 6.45) is 0. The predicted molar refractivity (Wildman–Crippen MR) is 78.0 cm³/mol. The van der Waals surface area contributed by atoms with Gasteiger partial charge in [-0.15, -0.1) is 0 Å². The fourth-order valence-corrected chi connectivity index (χ4v) is 1.49. The first-order valence-corrected chi connectivity index (χ1v) is 6.49. The first-order valence-electron chi connectivity index (χ1n) is 6.49. The summed E-state index contributed by atoms with van der Waals surface area (Å²) >= 11 is 0. The van der Waals surface area contributed by atoms with Gasteiger partial charge in [-0.1, -0.05) is 13.8 Å². The van der Waals surface area contributed by atoms with Crippen molar-refractivity contribution in [3.8, 4) is 0 Å². The van der Waals surface area contributed by atoms with Crippen LogP contribution >= 0.6 is 0 Å². The molecule has 6 nitrogen and oxygen atoms in total. The molecule has 0 bridgehead atoms. The number of nitrogens with zero attached hydrogens (tertiary/aromatic N) is 1. The van der Waals surface area contributed by atoms with Crippen molar-refractivity contribution in [3.63, 3.8) is 0 Å². The summed E-state index contributed by atoms with van der Waals surface area (Å²) in [5.41, 5.74) is 11.4. The van der Waals surface area contributed by atoms with Crippen molar-refractivity contribution in [1.29, 1.82) is 0 Å². The zero-order chi connectivity index (χ0) is 15.5. The van der Waals surface area contributed by atoms with Crippen LogP contribution in [0.4, 0.5) is 5.82 Å². The van der Waals surface area contributed by atoms with Gasteiger partial charge in [0, 0.05) is 17.8 Å². The van der Waals surface area contributed by atoms with Crippen molar-refractivity contribution in [2.75, 3.05) is 12.3 Å². The molecule has 0 saturated heterocycles. The van der Waals surface area contributed by atoms with Crippen molar-refractivity contribution in [1.82, 2.24) is 10.3 Å². The summed E-state index contributed by atoms with van der Waals surface area (Å²) in [5, 5.41) is 2.69. The number of amides is 2. The molecule has 0 aliphatic heterocycles. The van der Waals surface area contributed by atoms with E-state index in [0.29, 0.717) is 11.4 Å². The number of anilines is 1. The van der Waals surface area contributed by atoms with Gasteiger partial charge in [-0.25, -0.2) is 4.98 Å². The van der Waals surface area contributed by atoms with Crippen molar-refractivity contribution >= 4 is 17.6 Å². The monoisotopic (exact) mass is 278 g/mol. The van der Waals surface area contributed by atoms with Gasteiger partial charge in [0.1, 0.15) is 5.82 Å². The number of pyridine rings is 1. The summed E-state index contributed by atoms with van der Waals surface area (Å²) in [7, 11) is 0. The molecule has 0 aromatic carbocycles. The number of carbonyl (C=O) groups is 2. The smallest absolute Gasteiger partial charge is 0.251 e. The molecule has 0 saturated carbocycles. The van der Waals surface area contributed by atoms with Gasteiger partial charge in [0.2, 0.25) is 5.91 Å². The van der Waals surface area contributed by atoms with Crippen LogP contribution in [0.25, 0.3) is 0 Å². The summed E-state index contributed by atoms with van der Waals surface area (Å²) < 4.78 is 0. The molecule has 1 aromatic heterocycles. The van der Waals surface area contributed by atoms with Crippen LogP contribution in [-0.4, -0.2) is 23.3 Å². The molecule has 0 aliphatic carbocycles. The predicted octanol–water partition coefficient (Wildman–Crippen LogP) is 1.03. The molecule has 6 heteroatoms. The largest absolute Gasteiger partial charge is 0.384 e. The second kappa shape index (κ2) is 5.90. The quantitative estimate of drug-likeness (QED) is 0.746. The number of nitrogens with one attached hydrogen (secondary N) is 1. The molecule has 0 aliphatic rings. The lowest BCUT2D eigenvalue weighted by Gasteiger charge is -2.20. The van der Waals surface area contributed by atoms with E-state index in [1.807, 2.05) is 13.8 Å². The van der Waals surface area contributed by atoms with Crippen LogP contribution in [0.5, 0.6) is 0 Å².